The fraction of sp³-hybridized carbons (Fsp3) is 0.308. The first-order valence-electron chi connectivity index (χ1n) is 5.96. The van der Waals surface area contributed by atoms with E-state index in [1.807, 2.05) is 35.8 Å². The molecule has 0 atom stereocenters. The number of hydrogen-bond donors (Lipinski definition) is 1. The Morgan fingerprint density at radius 3 is 2.95 bits per heavy atom. The molecule has 0 aliphatic carbocycles. The van der Waals surface area contributed by atoms with Crippen LogP contribution in [0.5, 0.6) is 0 Å². The van der Waals surface area contributed by atoms with E-state index < -0.39 is 5.97 Å². The Bertz CT molecular complexity index is 613. The first-order valence-corrected chi connectivity index (χ1v) is 6.95. The van der Waals surface area contributed by atoms with E-state index in [0.717, 1.165) is 23.0 Å². The molecular formula is C13H15N3O3S. The largest absolute Gasteiger partial charge is 0.481 e. The normalized spacial score (nSPS) is 10.7. The van der Waals surface area contributed by atoms with Gasteiger partial charge in [-0.25, -0.2) is 0 Å². The second kappa shape index (κ2) is 6.53. The van der Waals surface area contributed by atoms with Gasteiger partial charge < -0.3 is 9.84 Å². The highest BCUT2D eigenvalue weighted by Gasteiger charge is 2.13. The fourth-order valence-corrected chi connectivity index (χ4v) is 2.53. The van der Waals surface area contributed by atoms with Gasteiger partial charge in [0.1, 0.15) is 5.82 Å². The van der Waals surface area contributed by atoms with Crippen molar-refractivity contribution >= 4 is 17.7 Å². The molecule has 0 aliphatic heterocycles. The highest BCUT2D eigenvalue weighted by atomic mass is 32.2. The van der Waals surface area contributed by atoms with Crippen LogP contribution in [0.3, 0.4) is 0 Å². The number of nitrogens with zero attached hydrogens (tertiary/aromatic N) is 3. The molecule has 20 heavy (non-hydrogen) atoms. The van der Waals surface area contributed by atoms with E-state index >= 15 is 0 Å². The van der Waals surface area contributed by atoms with Crippen LogP contribution in [-0.2, 0) is 16.1 Å². The molecule has 0 saturated carbocycles. The number of aryl methyl sites for hydroxylation is 1. The van der Waals surface area contributed by atoms with Crippen LogP contribution < -0.4 is 0 Å². The summed E-state index contributed by atoms with van der Waals surface area (Å²) < 4.78 is 6.96. The lowest BCUT2D eigenvalue weighted by atomic mass is 10.2. The molecule has 0 fully saturated rings. The molecule has 0 saturated heterocycles. The van der Waals surface area contributed by atoms with Crippen molar-refractivity contribution in [2.75, 3.05) is 12.9 Å². The monoisotopic (exact) mass is 293 g/mol. The minimum atomic E-state index is -0.879. The minimum absolute atomic E-state index is 0.0457. The maximum atomic E-state index is 10.7. The molecule has 1 aromatic heterocycles. The molecule has 6 nitrogen and oxygen atoms in total. The van der Waals surface area contributed by atoms with Crippen molar-refractivity contribution in [2.24, 2.45) is 0 Å². The number of ether oxygens (including phenoxy) is 1. The predicted molar refractivity (Wildman–Crippen MR) is 75.2 cm³/mol. The van der Waals surface area contributed by atoms with E-state index in [-0.39, 0.29) is 5.75 Å². The van der Waals surface area contributed by atoms with Gasteiger partial charge in [-0.2, -0.15) is 0 Å². The molecule has 0 aliphatic rings. The maximum absolute atomic E-state index is 10.7. The first kappa shape index (κ1) is 14.5. The third-order valence-electron chi connectivity index (χ3n) is 2.60. The molecule has 2 rings (SSSR count). The number of methoxy groups -OCH3 is 1. The number of carboxylic acid groups (broad SMARTS) is 1. The lowest BCUT2D eigenvalue weighted by Gasteiger charge is -2.09. The van der Waals surface area contributed by atoms with Gasteiger partial charge >= 0.3 is 5.97 Å². The molecule has 0 unspecified atom stereocenters. The Morgan fingerprint density at radius 2 is 2.25 bits per heavy atom. The van der Waals surface area contributed by atoms with Gasteiger partial charge in [-0.05, 0) is 24.6 Å². The third-order valence-corrected chi connectivity index (χ3v) is 3.51. The zero-order valence-electron chi connectivity index (χ0n) is 11.2. The highest BCUT2D eigenvalue weighted by Crippen LogP contribution is 2.22. The van der Waals surface area contributed by atoms with Crippen molar-refractivity contribution in [2.45, 2.75) is 18.7 Å². The molecular weight excluding hydrogens is 278 g/mol. The molecule has 0 radical (unpaired) electrons. The minimum Gasteiger partial charge on any atom is -0.481 e. The van der Waals surface area contributed by atoms with Crippen molar-refractivity contribution in [1.29, 1.82) is 0 Å². The van der Waals surface area contributed by atoms with Crippen molar-refractivity contribution in [3.05, 3.63) is 35.7 Å². The van der Waals surface area contributed by atoms with E-state index in [1.54, 1.807) is 7.11 Å². The van der Waals surface area contributed by atoms with Gasteiger partial charge in [0.15, 0.2) is 5.16 Å². The highest BCUT2D eigenvalue weighted by molar-refractivity contribution is 7.99. The van der Waals surface area contributed by atoms with Crippen LogP contribution in [0.2, 0.25) is 0 Å². The molecule has 0 bridgehead atoms. The van der Waals surface area contributed by atoms with Gasteiger partial charge in [-0.3, -0.25) is 9.36 Å². The standard InChI is InChI=1S/C13H15N3O3S/c1-9-14-15-13(20-8-12(17)18)16(9)11-5-3-4-10(6-11)7-19-2/h3-6H,7-8H2,1-2H3,(H,17,18). The van der Waals surface area contributed by atoms with Crippen molar-refractivity contribution in [1.82, 2.24) is 14.8 Å². The zero-order chi connectivity index (χ0) is 14.5. The number of thioether (sulfide) groups is 1. The second-order valence-electron chi connectivity index (χ2n) is 4.15. The lowest BCUT2D eigenvalue weighted by Crippen LogP contribution is -2.03. The van der Waals surface area contributed by atoms with Crippen LogP contribution in [0.4, 0.5) is 0 Å². The summed E-state index contributed by atoms with van der Waals surface area (Å²) >= 11 is 1.15. The number of rotatable bonds is 6. The van der Waals surface area contributed by atoms with E-state index in [9.17, 15) is 4.79 Å². The van der Waals surface area contributed by atoms with E-state index in [2.05, 4.69) is 10.2 Å². The summed E-state index contributed by atoms with van der Waals surface area (Å²) in [5.74, 6) is -0.210. The Balaban J connectivity index is 2.33. The molecule has 1 aromatic carbocycles. The zero-order valence-corrected chi connectivity index (χ0v) is 12.1. The Morgan fingerprint density at radius 1 is 1.45 bits per heavy atom. The van der Waals surface area contributed by atoms with Gasteiger partial charge in [0.2, 0.25) is 0 Å². The smallest absolute Gasteiger partial charge is 0.313 e. The number of hydrogen-bond acceptors (Lipinski definition) is 5. The molecule has 1 heterocycles. The molecule has 7 heteroatoms. The summed E-state index contributed by atoms with van der Waals surface area (Å²) in [7, 11) is 1.64. The van der Waals surface area contributed by atoms with Crippen molar-refractivity contribution in [3.8, 4) is 5.69 Å². The first-order chi connectivity index (χ1) is 9.61. The Kier molecular flexibility index (Phi) is 4.75. The van der Waals surface area contributed by atoms with Gasteiger partial charge in [-0.15, -0.1) is 10.2 Å². The molecule has 2 aromatic rings. The molecule has 0 spiro atoms. The van der Waals surface area contributed by atoms with E-state index in [4.69, 9.17) is 9.84 Å². The summed E-state index contributed by atoms with van der Waals surface area (Å²) in [5.41, 5.74) is 1.93. The Labute approximate surface area is 120 Å². The quantitative estimate of drug-likeness (QED) is 0.820. The summed E-state index contributed by atoms with van der Waals surface area (Å²) in [4.78, 5) is 10.7. The van der Waals surface area contributed by atoms with Gasteiger partial charge in [0.05, 0.1) is 12.4 Å². The SMILES string of the molecule is COCc1cccc(-n2c(C)nnc2SCC(=O)O)c1. The Hall–Kier alpha value is -1.86. The van der Waals surface area contributed by atoms with E-state index in [1.165, 1.54) is 0 Å². The molecule has 0 amide bonds. The number of aromatic nitrogens is 3. The van der Waals surface area contributed by atoms with Crippen LogP contribution in [0.15, 0.2) is 29.4 Å². The van der Waals surface area contributed by atoms with Crippen LogP contribution in [0, 0.1) is 6.92 Å². The number of benzene rings is 1. The molecule has 106 valence electrons. The number of aliphatic carboxylic acids is 1. The summed E-state index contributed by atoms with van der Waals surface area (Å²) in [5, 5.41) is 17.4. The predicted octanol–water partition coefficient (Wildman–Crippen LogP) is 1.90. The van der Waals surface area contributed by atoms with E-state index in [0.29, 0.717) is 17.6 Å². The summed E-state index contributed by atoms with van der Waals surface area (Å²) in [6.07, 6.45) is 0. The van der Waals surface area contributed by atoms with Crippen LogP contribution in [-0.4, -0.2) is 38.7 Å². The second-order valence-corrected chi connectivity index (χ2v) is 5.09. The number of carboxylic acids is 1. The van der Waals surface area contributed by atoms with Crippen molar-refractivity contribution in [3.63, 3.8) is 0 Å². The van der Waals surface area contributed by atoms with Gasteiger partial charge in [0, 0.05) is 12.8 Å². The van der Waals surface area contributed by atoms with Crippen molar-refractivity contribution < 1.29 is 14.6 Å². The third kappa shape index (κ3) is 3.37. The lowest BCUT2D eigenvalue weighted by molar-refractivity contribution is -0.133. The fourth-order valence-electron chi connectivity index (χ4n) is 1.81. The number of carbonyl (C=O) groups is 1. The van der Waals surface area contributed by atoms with Crippen LogP contribution in [0.1, 0.15) is 11.4 Å². The average molecular weight is 293 g/mol. The average Bonchev–Trinajstić information content (AvgIpc) is 2.78. The van der Waals surface area contributed by atoms with Crippen LogP contribution >= 0.6 is 11.8 Å². The van der Waals surface area contributed by atoms with Gasteiger partial charge in [0.25, 0.3) is 0 Å². The van der Waals surface area contributed by atoms with Gasteiger partial charge in [-0.1, -0.05) is 23.9 Å². The topological polar surface area (TPSA) is 77.2 Å². The molecule has 1 N–H and O–H groups in total. The van der Waals surface area contributed by atoms with Crippen LogP contribution in [0.25, 0.3) is 5.69 Å². The maximum Gasteiger partial charge on any atom is 0.313 e. The summed E-state index contributed by atoms with van der Waals surface area (Å²) in [6.45, 7) is 2.35. The summed E-state index contributed by atoms with van der Waals surface area (Å²) in [6, 6.07) is 7.80.